The van der Waals surface area contributed by atoms with Gasteiger partial charge in [-0.3, -0.25) is 4.79 Å². The number of ketones is 1. The molecule has 0 aromatic heterocycles. The van der Waals surface area contributed by atoms with Crippen LogP contribution in [0, 0.1) is 5.82 Å². The zero-order valence-electron chi connectivity index (χ0n) is 8.03. The monoisotopic (exact) mass is 208 g/mol. The van der Waals surface area contributed by atoms with Crippen molar-refractivity contribution in [3.8, 4) is 0 Å². The molecule has 0 aliphatic rings. The third-order valence-electron chi connectivity index (χ3n) is 1.80. The number of carbonyl (C=O) groups is 2. The van der Waals surface area contributed by atoms with Crippen molar-refractivity contribution < 1.29 is 19.1 Å². The SMILES string of the molecule is CC(=O)c1cc(F)ccc1C=CC(=O)O. The third kappa shape index (κ3) is 3.02. The molecule has 0 saturated heterocycles. The smallest absolute Gasteiger partial charge is 0.328 e. The van der Waals surface area contributed by atoms with Gasteiger partial charge in [-0.2, -0.15) is 0 Å². The zero-order valence-corrected chi connectivity index (χ0v) is 8.03. The highest BCUT2D eigenvalue weighted by Gasteiger charge is 2.06. The van der Waals surface area contributed by atoms with Crippen LogP contribution in [0.3, 0.4) is 0 Å². The van der Waals surface area contributed by atoms with Gasteiger partial charge in [0.1, 0.15) is 5.82 Å². The molecule has 0 atom stereocenters. The summed E-state index contributed by atoms with van der Waals surface area (Å²) in [5.74, 6) is -1.94. The minimum atomic E-state index is -1.12. The van der Waals surface area contributed by atoms with Crippen LogP contribution in [0.15, 0.2) is 24.3 Å². The van der Waals surface area contributed by atoms with Crippen LogP contribution < -0.4 is 0 Å². The molecule has 0 aliphatic heterocycles. The summed E-state index contributed by atoms with van der Waals surface area (Å²) < 4.78 is 12.8. The number of rotatable bonds is 3. The third-order valence-corrected chi connectivity index (χ3v) is 1.80. The molecule has 1 aromatic carbocycles. The standard InChI is InChI=1S/C11H9FO3/c1-7(13)10-6-9(12)4-2-8(10)3-5-11(14)15/h2-6H,1H3,(H,14,15). The number of carboxylic acid groups (broad SMARTS) is 1. The lowest BCUT2D eigenvalue weighted by atomic mass is 10.0. The Morgan fingerprint density at radius 1 is 1.40 bits per heavy atom. The molecule has 0 aliphatic carbocycles. The molecule has 0 spiro atoms. The fourth-order valence-corrected chi connectivity index (χ4v) is 1.14. The molecule has 78 valence electrons. The molecule has 3 nitrogen and oxygen atoms in total. The molecule has 4 heteroatoms. The number of carbonyl (C=O) groups excluding carboxylic acids is 1. The summed E-state index contributed by atoms with van der Waals surface area (Å²) in [4.78, 5) is 21.4. The zero-order chi connectivity index (χ0) is 11.4. The van der Waals surface area contributed by atoms with Crippen LogP contribution in [-0.4, -0.2) is 16.9 Å². The van der Waals surface area contributed by atoms with Gasteiger partial charge in [0.25, 0.3) is 0 Å². The fraction of sp³-hybridized carbons (Fsp3) is 0.0909. The van der Waals surface area contributed by atoms with Crippen molar-refractivity contribution >= 4 is 17.8 Å². The predicted octanol–water partition coefficient (Wildman–Crippen LogP) is 2.13. The predicted molar refractivity (Wildman–Crippen MR) is 53.1 cm³/mol. The highest BCUT2D eigenvalue weighted by atomic mass is 19.1. The summed E-state index contributed by atoms with van der Waals surface area (Å²) in [7, 11) is 0. The number of aliphatic carboxylic acids is 1. The Labute approximate surface area is 85.8 Å². The van der Waals surface area contributed by atoms with Crippen LogP contribution in [0.4, 0.5) is 4.39 Å². The topological polar surface area (TPSA) is 54.4 Å². The van der Waals surface area contributed by atoms with E-state index in [1.165, 1.54) is 25.1 Å². The van der Waals surface area contributed by atoms with Gasteiger partial charge in [-0.25, -0.2) is 9.18 Å². The van der Waals surface area contributed by atoms with Crippen LogP contribution in [0.1, 0.15) is 22.8 Å². The average Bonchev–Trinajstić information content (AvgIpc) is 2.15. The Hall–Kier alpha value is -1.97. The number of carboxylic acids is 1. The van der Waals surface area contributed by atoms with E-state index in [1.54, 1.807) is 0 Å². The minimum absolute atomic E-state index is 0.174. The molecule has 15 heavy (non-hydrogen) atoms. The van der Waals surface area contributed by atoms with E-state index < -0.39 is 11.8 Å². The van der Waals surface area contributed by atoms with Crippen LogP contribution in [0.25, 0.3) is 6.08 Å². The maximum atomic E-state index is 12.8. The molecule has 0 unspecified atom stereocenters. The van der Waals surface area contributed by atoms with Crippen molar-refractivity contribution in [1.29, 1.82) is 0 Å². The van der Waals surface area contributed by atoms with E-state index in [0.717, 1.165) is 12.1 Å². The molecular weight excluding hydrogens is 199 g/mol. The van der Waals surface area contributed by atoms with Crippen molar-refractivity contribution in [2.45, 2.75) is 6.92 Å². The lowest BCUT2D eigenvalue weighted by molar-refractivity contribution is -0.131. The highest BCUT2D eigenvalue weighted by Crippen LogP contribution is 2.13. The Morgan fingerprint density at radius 3 is 2.60 bits per heavy atom. The maximum absolute atomic E-state index is 12.8. The van der Waals surface area contributed by atoms with Crippen molar-refractivity contribution in [2.24, 2.45) is 0 Å². The van der Waals surface area contributed by atoms with E-state index in [2.05, 4.69) is 0 Å². The molecular formula is C11H9FO3. The Balaban J connectivity index is 3.17. The van der Waals surface area contributed by atoms with Gasteiger partial charge in [0, 0.05) is 11.6 Å². The number of hydrogen-bond acceptors (Lipinski definition) is 2. The summed E-state index contributed by atoms with van der Waals surface area (Å²) in [5.41, 5.74) is 0.568. The number of Topliss-reactive ketones (excluding diaryl/α,β-unsaturated/α-hetero) is 1. The van der Waals surface area contributed by atoms with Gasteiger partial charge in [-0.15, -0.1) is 0 Å². The van der Waals surface area contributed by atoms with Crippen molar-refractivity contribution in [1.82, 2.24) is 0 Å². The summed E-state index contributed by atoms with van der Waals surface area (Å²) in [6.07, 6.45) is 2.16. The molecule has 0 fully saturated rings. The van der Waals surface area contributed by atoms with Crippen molar-refractivity contribution in [2.75, 3.05) is 0 Å². The Morgan fingerprint density at radius 2 is 2.07 bits per heavy atom. The first-order valence-electron chi connectivity index (χ1n) is 4.22. The first kappa shape index (κ1) is 11.1. The van der Waals surface area contributed by atoms with E-state index >= 15 is 0 Å². The molecule has 0 bridgehead atoms. The molecule has 0 amide bonds. The molecule has 0 radical (unpaired) electrons. The second-order valence-electron chi connectivity index (χ2n) is 2.96. The minimum Gasteiger partial charge on any atom is -0.478 e. The molecule has 0 heterocycles. The van der Waals surface area contributed by atoms with E-state index in [-0.39, 0.29) is 11.3 Å². The van der Waals surface area contributed by atoms with Gasteiger partial charge in [-0.1, -0.05) is 6.07 Å². The van der Waals surface area contributed by atoms with Crippen molar-refractivity contribution in [3.05, 3.63) is 41.2 Å². The lowest BCUT2D eigenvalue weighted by Crippen LogP contribution is -1.97. The summed E-state index contributed by atoms with van der Waals surface area (Å²) in [6, 6.07) is 3.63. The summed E-state index contributed by atoms with van der Waals surface area (Å²) in [6.45, 7) is 1.30. The van der Waals surface area contributed by atoms with E-state index in [9.17, 15) is 14.0 Å². The van der Waals surface area contributed by atoms with E-state index in [0.29, 0.717) is 5.56 Å². The van der Waals surface area contributed by atoms with Crippen LogP contribution in [-0.2, 0) is 4.79 Å². The van der Waals surface area contributed by atoms with Gasteiger partial charge in [0.2, 0.25) is 0 Å². The van der Waals surface area contributed by atoms with Gasteiger partial charge in [0.05, 0.1) is 0 Å². The Kier molecular flexibility index (Phi) is 3.33. The van der Waals surface area contributed by atoms with E-state index in [4.69, 9.17) is 5.11 Å². The highest BCUT2D eigenvalue weighted by molar-refractivity contribution is 5.98. The van der Waals surface area contributed by atoms with Gasteiger partial charge < -0.3 is 5.11 Å². The number of hydrogen-bond donors (Lipinski definition) is 1. The van der Waals surface area contributed by atoms with Gasteiger partial charge in [-0.05, 0) is 30.7 Å². The molecule has 0 saturated carbocycles. The first-order valence-corrected chi connectivity index (χ1v) is 4.22. The lowest BCUT2D eigenvalue weighted by Gasteiger charge is -2.01. The Bertz CT molecular complexity index is 435. The second kappa shape index (κ2) is 4.50. The average molecular weight is 208 g/mol. The van der Waals surface area contributed by atoms with Crippen LogP contribution >= 0.6 is 0 Å². The van der Waals surface area contributed by atoms with Gasteiger partial charge >= 0.3 is 5.97 Å². The summed E-state index contributed by atoms with van der Waals surface area (Å²) in [5, 5.41) is 8.41. The number of benzene rings is 1. The second-order valence-corrected chi connectivity index (χ2v) is 2.96. The fourth-order valence-electron chi connectivity index (χ4n) is 1.14. The first-order chi connectivity index (χ1) is 7.00. The normalized spacial score (nSPS) is 10.5. The van der Waals surface area contributed by atoms with Gasteiger partial charge in [0.15, 0.2) is 5.78 Å². The van der Waals surface area contributed by atoms with E-state index in [1.807, 2.05) is 0 Å². The quantitative estimate of drug-likeness (QED) is 0.611. The molecule has 1 rings (SSSR count). The maximum Gasteiger partial charge on any atom is 0.328 e. The molecule has 1 aromatic rings. The molecule has 1 N–H and O–H groups in total. The van der Waals surface area contributed by atoms with Crippen LogP contribution in [0.5, 0.6) is 0 Å². The van der Waals surface area contributed by atoms with Crippen LogP contribution in [0.2, 0.25) is 0 Å². The number of halogens is 1. The summed E-state index contributed by atoms with van der Waals surface area (Å²) >= 11 is 0. The van der Waals surface area contributed by atoms with Crippen molar-refractivity contribution in [3.63, 3.8) is 0 Å². The largest absolute Gasteiger partial charge is 0.478 e.